The molecule has 0 aliphatic heterocycles. The van der Waals surface area contributed by atoms with Crippen molar-refractivity contribution in [2.24, 2.45) is 5.18 Å². The second-order valence-electron chi connectivity index (χ2n) is 3.84. The van der Waals surface area contributed by atoms with Crippen LogP contribution >= 0.6 is 11.8 Å². The molecule has 6 nitrogen and oxygen atoms in total. The zero-order valence-corrected chi connectivity index (χ0v) is 11.5. The fourth-order valence-electron chi connectivity index (χ4n) is 1.60. The maximum Gasteiger partial charge on any atom is 0.189 e. The van der Waals surface area contributed by atoms with Gasteiger partial charge in [-0.2, -0.15) is 5.26 Å². The third-order valence-electron chi connectivity index (χ3n) is 2.50. The summed E-state index contributed by atoms with van der Waals surface area (Å²) in [6, 6.07) is 9.45. The van der Waals surface area contributed by atoms with Crippen molar-refractivity contribution in [1.82, 2.24) is 9.97 Å². The van der Waals surface area contributed by atoms with Gasteiger partial charge in [0.15, 0.2) is 16.7 Å². The predicted molar refractivity (Wildman–Crippen MR) is 78.3 cm³/mol. The van der Waals surface area contributed by atoms with Crippen molar-refractivity contribution in [2.45, 2.75) is 11.6 Å². The molecule has 0 fully saturated rings. The highest BCUT2D eigenvalue weighted by Gasteiger charge is 2.08. The molecule has 1 aromatic heterocycles. The Labute approximate surface area is 120 Å². The zero-order valence-electron chi connectivity index (χ0n) is 10.7. The zero-order chi connectivity index (χ0) is 14.4. The molecule has 20 heavy (non-hydrogen) atoms. The van der Waals surface area contributed by atoms with Gasteiger partial charge in [-0.25, -0.2) is 9.97 Å². The van der Waals surface area contributed by atoms with Gasteiger partial charge in [0, 0.05) is 5.69 Å². The molecule has 0 saturated heterocycles. The van der Waals surface area contributed by atoms with Gasteiger partial charge in [-0.1, -0.05) is 23.9 Å². The number of thioether (sulfide) groups is 1. The van der Waals surface area contributed by atoms with Gasteiger partial charge in [0.1, 0.15) is 0 Å². The van der Waals surface area contributed by atoms with E-state index in [1.807, 2.05) is 30.5 Å². The first-order valence-electron chi connectivity index (χ1n) is 5.74. The Balaban J connectivity index is 2.31. The van der Waals surface area contributed by atoms with Gasteiger partial charge in [-0.15, -0.1) is 4.91 Å². The van der Waals surface area contributed by atoms with Crippen LogP contribution in [0.5, 0.6) is 0 Å². The Bertz CT molecular complexity index is 668. The standard InChI is InChI=1S/C13H11N5OS/c1-20-13-15-8-11(18-19)12(17-13)16-10-4-2-3-9(7-10)5-6-14/h2-4,7-8H,5H2,1H3,(H,15,16,17). The first-order chi connectivity index (χ1) is 9.76. The summed E-state index contributed by atoms with van der Waals surface area (Å²) in [4.78, 5) is 19.0. The van der Waals surface area contributed by atoms with Crippen LogP contribution in [0.4, 0.5) is 17.2 Å². The quantitative estimate of drug-likeness (QED) is 0.514. The summed E-state index contributed by atoms with van der Waals surface area (Å²) in [6.07, 6.45) is 3.56. The van der Waals surface area contributed by atoms with Crippen molar-refractivity contribution in [3.05, 3.63) is 40.9 Å². The van der Waals surface area contributed by atoms with Gasteiger partial charge in [-0.05, 0) is 29.1 Å². The fourth-order valence-corrected chi connectivity index (χ4v) is 1.94. The van der Waals surface area contributed by atoms with E-state index in [1.54, 1.807) is 0 Å². The Kier molecular flexibility index (Phi) is 4.63. The van der Waals surface area contributed by atoms with Crippen LogP contribution in [0.1, 0.15) is 5.56 Å². The van der Waals surface area contributed by atoms with E-state index in [9.17, 15) is 4.91 Å². The van der Waals surface area contributed by atoms with E-state index in [1.165, 1.54) is 18.0 Å². The number of anilines is 2. The summed E-state index contributed by atoms with van der Waals surface area (Å²) >= 11 is 1.38. The maximum absolute atomic E-state index is 10.8. The van der Waals surface area contributed by atoms with Crippen molar-refractivity contribution in [2.75, 3.05) is 11.6 Å². The minimum absolute atomic E-state index is 0.147. The third kappa shape index (κ3) is 3.30. The highest BCUT2D eigenvalue weighted by Crippen LogP contribution is 2.27. The van der Waals surface area contributed by atoms with E-state index < -0.39 is 0 Å². The maximum atomic E-state index is 10.8. The van der Waals surface area contributed by atoms with Crippen LogP contribution < -0.4 is 5.32 Å². The highest BCUT2D eigenvalue weighted by atomic mass is 32.2. The lowest BCUT2D eigenvalue weighted by molar-refractivity contribution is 0.973. The lowest BCUT2D eigenvalue weighted by Gasteiger charge is -2.08. The average Bonchev–Trinajstić information content (AvgIpc) is 2.48. The van der Waals surface area contributed by atoms with Gasteiger partial charge in [0.05, 0.1) is 18.7 Å². The molecule has 0 amide bonds. The highest BCUT2D eigenvalue weighted by molar-refractivity contribution is 7.98. The predicted octanol–water partition coefficient (Wildman–Crippen LogP) is 3.41. The molecule has 0 aliphatic carbocycles. The van der Waals surface area contributed by atoms with Crippen LogP contribution in [0.25, 0.3) is 0 Å². The molecule has 1 heterocycles. The molecule has 2 rings (SSSR count). The molecular formula is C13H11N5OS. The molecule has 0 atom stereocenters. The van der Waals surface area contributed by atoms with E-state index >= 15 is 0 Å². The number of nitrogens with zero attached hydrogens (tertiary/aromatic N) is 4. The van der Waals surface area contributed by atoms with Crippen LogP contribution in [0.2, 0.25) is 0 Å². The number of nitroso groups, excluding NO2 is 1. The second kappa shape index (κ2) is 6.63. The van der Waals surface area contributed by atoms with Crippen LogP contribution in [0.3, 0.4) is 0 Å². The van der Waals surface area contributed by atoms with E-state index in [4.69, 9.17) is 5.26 Å². The van der Waals surface area contributed by atoms with Crippen molar-refractivity contribution in [3.63, 3.8) is 0 Å². The molecule has 0 spiro atoms. The third-order valence-corrected chi connectivity index (χ3v) is 3.06. The van der Waals surface area contributed by atoms with Crippen molar-refractivity contribution < 1.29 is 0 Å². The number of aromatic nitrogens is 2. The lowest BCUT2D eigenvalue weighted by atomic mass is 10.1. The van der Waals surface area contributed by atoms with Crippen molar-refractivity contribution >= 4 is 29.0 Å². The summed E-state index contributed by atoms with van der Waals surface area (Å²) in [7, 11) is 0. The van der Waals surface area contributed by atoms with Crippen LogP contribution in [-0.2, 0) is 6.42 Å². The number of nitrogens with one attached hydrogen (secondary N) is 1. The number of nitriles is 1. The first-order valence-corrected chi connectivity index (χ1v) is 6.96. The van der Waals surface area contributed by atoms with Gasteiger partial charge in [-0.3, -0.25) is 0 Å². The second-order valence-corrected chi connectivity index (χ2v) is 4.62. The Morgan fingerprint density at radius 2 is 2.35 bits per heavy atom. The van der Waals surface area contributed by atoms with Gasteiger partial charge in [0.2, 0.25) is 0 Å². The van der Waals surface area contributed by atoms with Crippen molar-refractivity contribution in [1.29, 1.82) is 5.26 Å². The smallest absolute Gasteiger partial charge is 0.189 e. The van der Waals surface area contributed by atoms with Gasteiger partial charge < -0.3 is 5.32 Å². The van der Waals surface area contributed by atoms with Crippen LogP contribution in [0.15, 0.2) is 40.8 Å². The molecule has 100 valence electrons. The number of benzene rings is 1. The number of hydrogen-bond donors (Lipinski definition) is 1. The fraction of sp³-hybridized carbons (Fsp3) is 0.154. The van der Waals surface area contributed by atoms with E-state index in [0.717, 1.165) is 11.3 Å². The van der Waals surface area contributed by atoms with E-state index in [2.05, 4.69) is 26.5 Å². The Hall–Kier alpha value is -2.46. The van der Waals surface area contributed by atoms with Crippen LogP contribution in [0, 0.1) is 16.2 Å². The number of hydrogen-bond acceptors (Lipinski definition) is 7. The monoisotopic (exact) mass is 285 g/mol. The largest absolute Gasteiger partial charge is 0.338 e. The first kappa shape index (κ1) is 14.0. The topological polar surface area (TPSA) is 91.0 Å². The molecule has 0 saturated carbocycles. The van der Waals surface area contributed by atoms with E-state index in [-0.39, 0.29) is 5.69 Å². The summed E-state index contributed by atoms with van der Waals surface area (Å²) in [5, 5.41) is 15.2. The summed E-state index contributed by atoms with van der Waals surface area (Å²) in [5.41, 5.74) is 1.78. The molecule has 0 aliphatic rings. The molecule has 0 bridgehead atoms. The molecule has 1 N–H and O–H groups in total. The molecule has 2 aromatic rings. The Morgan fingerprint density at radius 1 is 1.50 bits per heavy atom. The molecule has 0 radical (unpaired) electrons. The lowest BCUT2D eigenvalue weighted by Crippen LogP contribution is -1.97. The minimum atomic E-state index is 0.147. The summed E-state index contributed by atoms with van der Waals surface area (Å²) in [6.45, 7) is 0. The Morgan fingerprint density at radius 3 is 3.05 bits per heavy atom. The number of rotatable bonds is 5. The van der Waals surface area contributed by atoms with E-state index in [0.29, 0.717) is 17.4 Å². The SMILES string of the molecule is CSc1ncc(N=O)c(Nc2cccc(CC#N)c2)n1. The molecule has 7 heteroatoms. The normalized spacial score (nSPS) is 9.80. The van der Waals surface area contributed by atoms with Crippen molar-refractivity contribution in [3.8, 4) is 6.07 Å². The molecular weight excluding hydrogens is 274 g/mol. The molecule has 1 aromatic carbocycles. The minimum Gasteiger partial charge on any atom is -0.338 e. The molecule has 0 unspecified atom stereocenters. The summed E-state index contributed by atoms with van der Waals surface area (Å²) < 4.78 is 0. The van der Waals surface area contributed by atoms with Crippen LogP contribution in [-0.4, -0.2) is 16.2 Å². The summed E-state index contributed by atoms with van der Waals surface area (Å²) in [5.74, 6) is 0.355. The van der Waals surface area contributed by atoms with Gasteiger partial charge >= 0.3 is 0 Å². The average molecular weight is 285 g/mol. The van der Waals surface area contributed by atoms with Gasteiger partial charge in [0.25, 0.3) is 0 Å².